The van der Waals surface area contributed by atoms with Gasteiger partial charge in [-0.3, -0.25) is 9.52 Å². The van der Waals surface area contributed by atoms with E-state index < -0.39 is 10.0 Å². The predicted octanol–water partition coefficient (Wildman–Crippen LogP) is 4.17. The highest BCUT2D eigenvalue weighted by atomic mass is 32.2. The lowest BCUT2D eigenvalue weighted by Crippen LogP contribution is -2.24. The van der Waals surface area contributed by atoms with Crippen LogP contribution in [-0.4, -0.2) is 26.0 Å². The number of anilines is 1. The molecule has 162 valence electrons. The molecule has 0 atom stereocenters. The number of carbonyl (C=O) groups is 1. The number of aryl methyl sites for hydroxylation is 3. The first-order valence-corrected chi connectivity index (χ1v) is 11.5. The second-order valence-electron chi connectivity index (χ2n) is 7.48. The second-order valence-corrected chi connectivity index (χ2v) is 9.13. The fraction of sp³-hybridized carbons (Fsp3) is 0.208. The first-order valence-electron chi connectivity index (χ1n) is 10.0. The second kappa shape index (κ2) is 9.66. The number of benzene rings is 3. The van der Waals surface area contributed by atoms with Gasteiger partial charge >= 0.3 is 0 Å². The van der Waals surface area contributed by atoms with Gasteiger partial charge < -0.3 is 10.4 Å². The summed E-state index contributed by atoms with van der Waals surface area (Å²) >= 11 is 0. The Bertz CT molecular complexity index is 1160. The van der Waals surface area contributed by atoms with E-state index in [1.807, 2.05) is 25.1 Å². The summed E-state index contributed by atoms with van der Waals surface area (Å²) in [4.78, 5) is 12.6. The monoisotopic (exact) mass is 438 g/mol. The number of phenols is 1. The maximum absolute atomic E-state index is 12.7. The Morgan fingerprint density at radius 2 is 1.61 bits per heavy atom. The molecule has 0 saturated heterocycles. The molecule has 0 bridgehead atoms. The molecule has 0 aliphatic rings. The average Bonchev–Trinajstić information content (AvgIpc) is 2.74. The van der Waals surface area contributed by atoms with Gasteiger partial charge in [-0.1, -0.05) is 24.3 Å². The molecule has 0 fully saturated rings. The van der Waals surface area contributed by atoms with Crippen molar-refractivity contribution in [2.24, 2.45) is 0 Å². The van der Waals surface area contributed by atoms with Crippen molar-refractivity contribution in [2.75, 3.05) is 11.3 Å². The molecule has 7 heteroatoms. The van der Waals surface area contributed by atoms with Crippen molar-refractivity contribution in [1.82, 2.24) is 5.32 Å². The van der Waals surface area contributed by atoms with Gasteiger partial charge in [-0.05, 0) is 85.8 Å². The molecule has 3 rings (SSSR count). The van der Waals surface area contributed by atoms with Crippen molar-refractivity contribution in [3.05, 3.63) is 89.0 Å². The van der Waals surface area contributed by atoms with E-state index >= 15 is 0 Å². The van der Waals surface area contributed by atoms with E-state index in [-0.39, 0.29) is 16.6 Å². The van der Waals surface area contributed by atoms with Crippen LogP contribution in [0.2, 0.25) is 0 Å². The maximum Gasteiger partial charge on any atom is 0.262 e. The third-order valence-electron chi connectivity index (χ3n) is 4.90. The standard InChI is InChI=1S/C24H26N2O4S/c1-17-5-6-18(2)23(16-17)31(29,30)26-21-11-9-20(10-12-21)24(28)25-15-3-4-19-7-13-22(27)14-8-19/h5-14,16,26-27H,3-4,15H2,1-2H3,(H,25,28). The lowest BCUT2D eigenvalue weighted by atomic mass is 10.1. The smallest absolute Gasteiger partial charge is 0.262 e. The minimum absolute atomic E-state index is 0.213. The minimum atomic E-state index is -3.71. The van der Waals surface area contributed by atoms with Gasteiger partial charge in [-0.2, -0.15) is 0 Å². The highest BCUT2D eigenvalue weighted by Crippen LogP contribution is 2.21. The molecule has 0 spiro atoms. The van der Waals surface area contributed by atoms with Gasteiger partial charge in [0.25, 0.3) is 15.9 Å². The Hall–Kier alpha value is -3.32. The Morgan fingerprint density at radius 3 is 2.29 bits per heavy atom. The lowest BCUT2D eigenvalue weighted by molar-refractivity contribution is 0.0953. The molecule has 0 heterocycles. The number of carbonyl (C=O) groups excluding carboxylic acids is 1. The Labute approximate surface area is 183 Å². The lowest BCUT2D eigenvalue weighted by Gasteiger charge is -2.12. The summed E-state index contributed by atoms with van der Waals surface area (Å²) in [6, 6.07) is 18.6. The molecule has 0 aliphatic carbocycles. The molecule has 1 amide bonds. The van der Waals surface area contributed by atoms with Crippen LogP contribution in [-0.2, 0) is 16.4 Å². The van der Waals surface area contributed by atoms with Crippen LogP contribution in [0.15, 0.2) is 71.6 Å². The van der Waals surface area contributed by atoms with E-state index in [4.69, 9.17) is 0 Å². The van der Waals surface area contributed by atoms with Crippen LogP contribution in [0.1, 0.15) is 33.5 Å². The van der Waals surface area contributed by atoms with Gasteiger partial charge in [0.05, 0.1) is 4.90 Å². The summed E-state index contributed by atoms with van der Waals surface area (Å²) < 4.78 is 28.0. The van der Waals surface area contributed by atoms with E-state index in [9.17, 15) is 18.3 Å². The molecule has 6 nitrogen and oxygen atoms in total. The molecular weight excluding hydrogens is 412 g/mol. The number of nitrogens with one attached hydrogen (secondary N) is 2. The molecule has 0 aromatic heterocycles. The fourth-order valence-corrected chi connectivity index (χ4v) is 4.55. The largest absolute Gasteiger partial charge is 0.508 e. The first kappa shape index (κ1) is 22.4. The third kappa shape index (κ3) is 6.08. The third-order valence-corrected chi connectivity index (χ3v) is 6.42. The van der Waals surface area contributed by atoms with Crippen LogP contribution in [0, 0.1) is 13.8 Å². The number of sulfonamides is 1. The van der Waals surface area contributed by atoms with E-state index in [1.54, 1.807) is 55.5 Å². The Balaban J connectivity index is 1.54. The zero-order chi connectivity index (χ0) is 22.4. The molecule has 0 radical (unpaired) electrons. The summed E-state index contributed by atoms with van der Waals surface area (Å²) in [6.07, 6.45) is 1.56. The number of aromatic hydroxyl groups is 1. The van der Waals surface area contributed by atoms with Gasteiger partial charge in [0.2, 0.25) is 0 Å². The van der Waals surface area contributed by atoms with Crippen LogP contribution in [0.4, 0.5) is 5.69 Å². The van der Waals surface area contributed by atoms with Crippen molar-refractivity contribution in [2.45, 2.75) is 31.6 Å². The predicted molar refractivity (Wildman–Crippen MR) is 122 cm³/mol. The van der Waals surface area contributed by atoms with E-state index in [2.05, 4.69) is 10.0 Å². The summed E-state index contributed by atoms with van der Waals surface area (Å²) in [5.41, 5.74) is 3.47. The molecular formula is C24H26N2O4S. The summed E-state index contributed by atoms with van der Waals surface area (Å²) in [5.74, 6) is 0.0199. The topological polar surface area (TPSA) is 95.5 Å². The highest BCUT2D eigenvalue weighted by Gasteiger charge is 2.17. The van der Waals surface area contributed by atoms with Crippen molar-refractivity contribution >= 4 is 21.6 Å². The van der Waals surface area contributed by atoms with Crippen molar-refractivity contribution in [1.29, 1.82) is 0 Å². The Morgan fingerprint density at radius 1 is 0.935 bits per heavy atom. The number of amides is 1. The Kier molecular flexibility index (Phi) is 6.97. The summed E-state index contributed by atoms with van der Waals surface area (Å²) in [6.45, 7) is 4.11. The summed E-state index contributed by atoms with van der Waals surface area (Å²) in [7, 11) is -3.71. The van der Waals surface area contributed by atoms with Crippen LogP contribution >= 0.6 is 0 Å². The van der Waals surface area contributed by atoms with Gasteiger partial charge in [-0.25, -0.2) is 8.42 Å². The number of hydrogen-bond donors (Lipinski definition) is 3. The van der Waals surface area contributed by atoms with Crippen molar-refractivity contribution in [3.8, 4) is 5.75 Å². The quantitative estimate of drug-likeness (QED) is 0.460. The fourth-order valence-electron chi connectivity index (χ4n) is 3.16. The number of hydrogen-bond acceptors (Lipinski definition) is 4. The SMILES string of the molecule is Cc1ccc(C)c(S(=O)(=O)Nc2ccc(C(=O)NCCCc3ccc(O)cc3)cc2)c1. The minimum Gasteiger partial charge on any atom is -0.508 e. The van der Waals surface area contributed by atoms with Crippen LogP contribution in [0.5, 0.6) is 5.75 Å². The molecule has 3 N–H and O–H groups in total. The highest BCUT2D eigenvalue weighted by molar-refractivity contribution is 7.92. The zero-order valence-corrected chi connectivity index (χ0v) is 18.4. The van der Waals surface area contributed by atoms with Gasteiger partial charge in [0, 0.05) is 17.8 Å². The van der Waals surface area contributed by atoms with E-state index in [0.29, 0.717) is 23.4 Å². The first-order chi connectivity index (χ1) is 14.7. The van der Waals surface area contributed by atoms with Gasteiger partial charge in [0.15, 0.2) is 0 Å². The molecule has 0 aliphatic heterocycles. The average molecular weight is 439 g/mol. The molecule has 3 aromatic rings. The zero-order valence-electron chi connectivity index (χ0n) is 17.6. The van der Waals surface area contributed by atoms with E-state index in [0.717, 1.165) is 24.0 Å². The summed E-state index contributed by atoms with van der Waals surface area (Å²) in [5, 5.41) is 12.2. The molecule has 31 heavy (non-hydrogen) atoms. The molecule has 0 saturated carbocycles. The van der Waals surface area contributed by atoms with Crippen molar-refractivity contribution in [3.63, 3.8) is 0 Å². The molecule has 3 aromatic carbocycles. The maximum atomic E-state index is 12.7. The van der Waals surface area contributed by atoms with Crippen LogP contribution in [0.3, 0.4) is 0 Å². The van der Waals surface area contributed by atoms with Crippen molar-refractivity contribution < 1.29 is 18.3 Å². The van der Waals surface area contributed by atoms with E-state index in [1.165, 1.54) is 0 Å². The van der Waals surface area contributed by atoms with Gasteiger partial charge in [-0.15, -0.1) is 0 Å². The number of phenolic OH excluding ortho intramolecular Hbond substituents is 1. The van der Waals surface area contributed by atoms with Crippen LogP contribution < -0.4 is 10.0 Å². The normalized spacial score (nSPS) is 11.2. The van der Waals surface area contributed by atoms with Gasteiger partial charge in [0.1, 0.15) is 5.75 Å². The number of rotatable bonds is 8. The van der Waals surface area contributed by atoms with Crippen LogP contribution in [0.25, 0.3) is 0 Å². The molecule has 0 unspecified atom stereocenters.